The van der Waals surface area contributed by atoms with Crippen molar-refractivity contribution in [3.63, 3.8) is 0 Å². The first-order valence-electron chi connectivity index (χ1n) is 6.11. The van der Waals surface area contributed by atoms with Crippen LogP contribution in [0.25, 0.3) is 28.1 Å². The smallest absolute Gasteiger partial charge is 0.290 e. The number of hydrogen-bond acceptors (Lipinski definition) is 4. The van der Waals surface area contributed by atoms with E-state index in [4.69, 9.17) is 0 Å². The van der Waals surface area contributed by atoms with E-state index in [1.807, 2.05) is 31.2 Å². The average Bonchev–Trinajstić information content (AvgIpc) is 3.05. The second-order valence-electron chi connectivity index (χ2n) is 4.63. The molecule has 3 aromatic heterocycles. The van der Waals surface area contributed by atoms with Gasteiger partial charge in [-0.15, -0.1) is 5.10 Å². The van der Waals surface area contributed by atoms with E-state index in [0.29, 0.717) is 17.1 Å². The molecule has 0 aliphatic rings. The molecule has 0 unspecified atom stereocenters. The Kier molecular flexibility index (Phi) is 2.06. The molecule has 0 fully saturated rings. The van der Waals surface area contributed by atoms with Crippen LogP contribution >= 0.6 is 0 Å². The molecular formula is C13H10N6O. The van der Waals surface area contributed by atoms with Gasteiger partial charge in [-0.1, -0.05) is 29.8 Å². The summed E-state index contributed by atoms with van der Waals surface area (Å²) in [6, 6.07) is 7.84. The summed E-state index contributed by atoms with van der Waals surface area (Å²) in [5, 5.41) is 11.6. The summed E-state index contributed by atoms with van der Waals surface area (Å²) in [4.78, 5) is 19.1. The number of hydrogen-bond donors (Lipinski definition) is 2. The number of benzene rings is 1. The number of H-pyrrole nitrogens is 2. The van der Waals surface area contributed by atoms with Crippen molar-refractivity contribution in [1.82, 2.24) is 29.8 Å². The molecule has 20 heavy (non-hydrogen) atoms. The zero-order valence-electron chi connectivity index (χ0n) is 10.6. The standard InChI is InChI=1S/C13H10N6O/c1-7-2-4-8(5-3-7)10-15-12-9-6-14-17-11(9)16-13(20)19(12)18-10/h2-6H,1H3,(H2,14,16,17,20). The third-order valence-electron chi connectivity index (χ3n) is 3.22. The van der Waals surface area contributed by atoms with Crippen molar-refractivity contribution in [2.24, 2.45) is 0 Å². The molecule has 98 valence electrons. The van der Waals surface area contributed by atoms with E-state index in [1.165, 1.54) is 4.52 Å². The van der Waals surface area contributed by atoms with Crippen molar-refractivity contribution in [3.05, 3.63) is 46.5 Å². The van der Waals surface area contributed by atoms with Crippen molar-refractivity contribution in [3.8, 4) is 11.4 Å². The predicted molar refractivity (Wildman–Crippen MR) is 73.4 cm³/mol. The normalized spacial score (nSPS) is 11.4. The van der Waals surface area contributed by atoms with Gasteiger partial charge in [0.25, 0.3) is 0 Å². The lowest BCUT2D eigenvalue weighted by molar-refractivity contribution is 0.881. The van der Waals surface area contributed by atoms with Crippen molar-refractivity contribution in [2.45, 2.75) is 6.92 Å². The van der Waals surface area contributed by atoms with E-state index in [2.05, 4.69) is 25.3 Å². The second-order valence-corrected chi connectivity index (χ2v) is 4.63. The molecule has 7 heteroatoms. The maximum absolute atomic E-state index is 11.9. The molecule has 3 heterocycles. The summed E-state index contributed by atoms with van der Waals surface area (Å²) in [7, 11) is 0. The molecular weight excluding hydrogens is 256 g/mol. The van der Waals surface area contributed by atoms with Crippen LogP contribution in [0.4, 0.5) is 0 Å². The monoisotopic (exact) mass is 266 g/mol. The molecule has 7 nitrogen and oxygen atoms in total. The molecule has 0 atom stereocenters. The molecule has 2 N–H and O–H groups in total. The van der Waals surface area contributed by atoms with E-state index >= 15 is 0 Å². The van der Waals surface area contributed by atoms with Gasteiger partial charge in [0.05, 0.1) is 11.6 Å². The average molecular weight is 266 g/mol. The minimum Gasteiger partial charge on any atom is -0.290 e. The van der Waals surface area contributed by atoms with Gasteiger partial charge >= 0.3 is 5.69 Å². The zero-order chi connectivity index (χ0) is 13.7. The third kappa shape index (κ3) is 1.46. The van der Waals surface area contributed by atoms with Gasteiger partial charge in [0.15, 0.2) is 11.5 Å². The zero-order valence-corrected chi connectivity index (χ0v) is 10.6. The lowest BCUT2D eigenvalue weighted by Crippen LogP contribution is -2.17. The van der Waals surface area contributed by atoms with E-state index in [-0.39, 0.29) is 5.69 Å². The van der Waals surface area contributed by atoms with Crippen LogP contribution < -0.4 is 5.69 Å². The highest BCUT2D eigenvalue weighted by molar-refractivity contribution is 5.88. The Bertz CT molecular complexity index is 976. The van der Waals surface area contributed by atoms with Gasteiger partial charge in [-0.2, -0.15) is 9.61 Å². The van der Waals surface area contributed by atoms with Crippen LogP contribution in [0.3, 0.4) is 0 Å². The van der Waals surface area contributed by atoms with Crippen molar-refractivity contribution >= 4 is 16.7 Å². The number of fused-ring (bicyclic) bond motifs is 3. The van der Waals surface area contributed by atoms with Crippen molar-refractivity contribution in [2.75, 3.05) is 0 Å². The quantitative estimate of drug-likeness (QED) is 0.542. The Balaban J connectivity index is 2.05. The van der Waals surface area contributed by atoms with Crippen LogP contribution in [0.5, 0.6) is 0 Å². The molecule has 0 radical (unpaired) electrons. The Morgan fingerprint density at radius 1 is 1.20 bits per heavy atom. The predicted octanol–water partition coefficient (Wildman–Crippen LogP) is 1.27. The van der Waals surface area contributed by atoms with Gasteiger partial charge in [0, 0.05) is 5.56 Å². The fourth-order valence-electron chi connectivity index (χ4n) is 2.16. The van der Waals surface area contributed by atoms with Crippen LogP contribution in [-0.4, -0.2) is 29.8 Å². The van der Waals surface area contributed by atoms with Gasteiger partial charge in [-0.25, -0.2) is 9.78 Å². The maximum Gasteiger partial charge on any atom is 0.349 e. The number of aryl methyl sites for hydroxylation is 1. The fraction of sp³-hybridized carbons (Fsp3) is 0.0769. The van der Waals surface area contributed by atoms with Crippen LogP contribution in [0.15, 0.2) is 35.3 Å². The van der Waals surface area contributed by atoms with E-state index in [9.17, 15) is 4.79 Å². The Morgan fingerprint density at radius 2 is 2.00 bits per heavy atom. The molecule has 0 saturated heterocycles. The Morgan fingerprint density at radius 3 is 2.80 bits per heavy atom. The van der Waals surface area contributed by atoms with Gasteiger partial charge in [0.2, 0.25) is 0 Å². The summed E-state index contributed by atoms with van der Waals surface area (Å²) >= 11 is 0. The molecule has 0 aliphatic heterocycles. The molecule has 0 aliphatic carbocycles. The summed E-state index contributed by atoms with van der Waals surface area (Å²) in [5.41, 5.74) is 2.73. The van der Waals surface area contributed by atoms with Crippen molar-refractivity contribution in [1.29, 1.82) is 0 Å². The van der Waals surface area contributed by atoms with Gasteiger partial charge < -0.3 is 0 Å². The topological polar surface area (TPSA) is 91.7 Å². The summed E-state index contributed by atoms with van der Waals surface area (Å²) < 4.78 is 1.26. The molecule has 1 aromatic carbocycles. The van der Waals surface area contributed by atoms with E-state index in [1.54, 1.807) is 6.20 Å². The maximum atomic E-state index is 11.9. The number of nitrogens with one attached hydrogen (secondary N) is 2. The Labute approximate surface area is 112 Å². The highest BCUT2D eigenvalue weighted by atomic mass is 16.1. The minimum absolute atomic E-state index is 0.345. The summed E-state index contributed by atoms with van der Waals surface area (Å²) in [6.07, 6.45) is 1.62. The van der Waals surface area contributed by atoms with Gasteiger partial charge in [-0.05, 0) is 6.92 Å². The first-order chi connectivity index (χ1) is 9.72. The summed E-state index contributed by atoms with van der Waals surface area (Å²) in [5.74, 6) is 0.518. The number of rotatable bonds is 1. The first kappa shape index (κ1) is 10.9. The molecule has 0 saturated carbocycles. The van der Waals surface area contributed by atoms with Crippen LogP contribution in [0.2, 0.25) is 0 Å². The second kappa shape index (κ2) is 3.77. The highest BCUT2D eigenvalue weighted by Crippen LogP contribution is 2.19. The Hall–Kier alpha value is -2.96. The minimum atomic E-state index is -0.345. The van der Waals surface area contributed by atoms with Crippen LogP contribution in [-0.2, 0) is 0 Å². The lowest BCUT2D eigenvalue weighted by atomic mass is 10.1. The molecule has 0 bridgehead atoms. The summed E-state index contributed by atoms with van der Waals surface area (Å²) in [6.45, 7) is 2.01. The molecule has 0 amide bonds. The SMILES string of the molecule is Cc1ccc(-c2nc3c4cn[nH]c4[nH]c(=O)n3n2)cc1. The molecule has 0 spiro atoms. The van der Waals surface area contributed by atoms with Crippen LogP contribution in [0.1, 0.15) is 5.56 Å². The number of nitrogens with zero attached hydrogens (tertiary/aromatic N) is 4. The highest BCUT2D eigenvalue weighted by Gasteiger charge is 2.12. The van der Waals surface area contributed by atoms with Crippen molar-refractivity contribution < 1.29 is 0 Å². The molecule has 4 rings (SSSR count). The number of aromatic amines is 2. The third-order valence-corrected chi connectivity index (χ3v) is 3.22. The largest absolute Gasteiger partial charge is 0.349 e. The van der Waals surface area contributed by atoms with Crippen LogP contribution in [0, 0.1) is 6.92 Å². The van der Waals surface area contributed by atoms with E-state index < -0.39 is 0 Å². The number of aromatic nitrogens is 6. The van der Waals surface area contributed by atoms with Gasteiger partial charge in [0.1, 0.15) is 5.65 Å². The lowest BCUT2D eigenvalue weighted by Gasteiger charge is -1.94. The van der Waals surface area contributed by atoms with E-state index in [0.717, 1.165) is 16.5 Å². The van der Waals surface area contributed by atoms with Gasteiger partial charge in [-0.3, -0.25) is 10.1 Å². The first-order valence-corrected chi connectivity index (χ1v) is 6.11. The molecule has 4 aromatic rings. The fourth-order valence-corrected chi connectivity index (χ4v) is 2.16.